The summed E-state index contributed by atoms with van der Waals surface area (Å²) in [7, 11) is -3.74. The van der Waals surface area contributed by atoms with E-state index >= 15 is 0 Å². The van der Waals surface area contributed by atoms with Gasteiger partial charge in [0, 0.05) is 11.2 Å². The number of rotatable bonds is 9. The van der Waals surface area contributed by atoms with E-state index in [1.165, 1.54) is 15.6 Å². The van der Waals surface area contributed by atoms with Gasteiger partial charge < -0.3 is 10.1 Å². The topological polar surface area (TPSA) is 75.7 Å². The highest BCUT2D eigenvalue weighted by Gasteiger charge is 2.25. The number of carbonyl (C=O) groups excluding carboxylic acids is 1. The van der Waals surface area contributed by atoms with Crippen molar-refractivity contribution in [3.05, 3.63) is 114 Å². The van der Waals surface area contributed by atoms with Crippen molar-refractivity contribution in [1.29, 1.82) is 0 Å². The van der Waals surface area contributed by atoms with Gasteiger partial charge in [0.1, 0.15) is 5.75 Å². The van der Waals surface area contributed by atoms with Crippen molar-refractivity contribution in [2.75, 3.05) is 16.2 Å². The third-order valence-electron chi connectivity index (χ3n) is 6.15. The monoisotopic (exact) mass is 556 g/mol. The fourth-order valence-electron chi connectivity index (χ4n) is 4.18. The zero-order valence-corrected chi connectivity index (χ0v) is 23.3. The van der Waals surface area contributed by atoms with Crippen molar-refractivity contribution in [1.82, 2.24) is 0 Å². The van der Waals surface area contributed by atoms with Crippen molar-refractivity contribution in [3.8, 4) is 11.5 Å². The van der Waals surface area contributed by atoms with E-state index in [9.17, 15) is 13.2 Å². The van der Waals surface area contributed by atoms with E-state index in [1.54, 1.807) is 48.5 Å². The predicted molar refractivity (Wildman–Crippen MR) is 159 cm³/mol. The van der Waals surface area contributed by atoms with Gasteiger partial charge in [0.25, 0.3) is 15.9 Å². The number of anilines is 2. The lowest BCUT2D eigenvalue weighted by atomic mass is 10.2. The third-order valence-corrected chi connectivity index (χ3v) is 9.11. The molecule has 0 fully saturated rings. The lowest BCUT2D eigenvalue weighted by Crippen LogP contribution is -2.31. The molecule has 0 aliphatic rings. The highest BCUT2D eigenvalue weighted by molar-refractivity contribution is 7.92. The normalized spacial score (nSPS) is 11.3. The van der Waals surface area contributed by atoms with Gasteiger partial charge in [0.15, 0.2) is 5.75 Å². The van der Waals surface area contributed by atoms with E-state index in [1.807, 2.05) is 68.4 Å². The van der Waals surface area contributed by atoms with Crippen LogP contribution in [0, 0.1) is 6.92 Å². The fourth-order valence-corrected chi connectivity index (χ4v) is 6.67. The lowest BCUT2D eigenvalue weighted by Gasteiger charge is -2.24. The molecular weight excluding hydrogens is 528 g/mol. The minimum absolute atomic E-state index is 0.253. The smallest absolute Gasteiger partial charge is 0.265 e. The van der Waals surface area contributed by atoms with Crippen molar-refractivity contribution in [3.63, 3.8) is 0 Å². The maximum atomic E-state index is 13.5. The average molecular weight is 557 g/mol. The summed E-state index contributed by atoms with van der Waals surface area (Å²) in [5.74, 6) is 0.947. The van der Waals surface area contributed by atoms with Crippen LogP contribution < -0.4 is 14.4 Å². The van der Waals surface area contributed by atoms with Gasteiger partial charge in [0.05, 0.1) is 21.1 Å². The lowest BCUT2D eigenvalue weighted by molar-refractivity contribution is 0.103. The molecule has 5 rings (SSSR count). The van der Waals surface area contributed by atoms with E-state index in [0.717, 1.165) is 15.6 Å². The number of nitrogens with zero attached hydrogens (tertiary/aromatic N) is 1. The highest BCUT2D eigenvalue weighted by Crippen LogP contribution is 2.34. The van der Waals surface area contributed by atoms with Gasteiger partial charge in [0.2, 0.25) is 0 Å². The van der Waals surface area contributed by atoms with Crippen LogP contribution in [0.25, 0.3) is 10.1 Å². The number of aryl methyl sites for hydroxylation is 1. The number of amides is 1. The van der Waals surface area contributed by atoms with Crippen molar-refractivity contribution in [2.45, 2.75) is 25.2 Å². The summed E-state index contributed by atoms with van der Waals surface area (Å²) < 4.78 is 35.3. The molecule has 0 saturated heterocycles. The zero-order chi connectivity index (χ0) is 27.4. The van der Waals surface area contributed by atoms with Crippen LogP contribution in [0.5, 0.6) is 11.5 Å². The first kappa shape index (κ1) is 26.5. The Kier molecular flexibility index (Phi) is 7.67. The summed E-state index contributed by atoms with van der Waals surface area (Å²) in [6.45, 7) is 4.22. The number of nitrogens with one attached hydrogen (secondary N) is 1. The number of ether oxygens (including phenoxy) is 1. The van der Waals surface area contributed by atoms with Gasteiger partial charge >= 0.3 is 0 Å². The number of para-hydroxylation sites is 3. The molecule has 1 heterocycles. The SMILES string of the molecule is CCCN(c1ccc2sc(C(=O)Nc3ccccc3Oc3ccccc3)cc2c1)S(=O)(=O)c1ccc(C)cc1. The molecule has 198 valence electrons. The van der Waals surface area contributed by atoms with Gasteiger partial charge in [-0.15, -0.1) is 11.3 Å². The van der Waals surface area contributed by atoms with Crippen molar-refractivity contribution in [2.24, 2.45) is 0 Å². The summed E-state index contributed by atoms with van der Waals surface area (Å²) in [5.41, 5.74) is 2.12. The number of thiophene rings is 1. The van der Waals surface area contributed by atoms with E-state index in [2.05, 4.69) is 5.32 Å². The molecule has 39 heavy (non-hydrogen) atoms. The molecule has 4 aromatic carbocycles. The summed E-state index contributed by atoms with van der Waals surface area (Å²) >= 11 is 1.35. The first-order valence-electron chi connectivity index (χ1n) is 12.6. The molecule has 0 saturated carbocycles. The first-order valence-corrected chi connectivity index (χ1v) is 14.9. The molecule has 0 aliphatic heterocycles. The van der Waals surface area contributed by atoms with Crippen LogP contribution in [0.15, 0.2) is 108 Å². The minimum atomic E-state index is -3.74. The summed E-state index contributed by atoms with van der Waals surface area (Å²) in [6, 6.07) is 30.8. The molecule has 0 aliphatic carbocycles. The molecule has 0 bridgehead atoms. The molecule has 0 unspecified atom stereocenters. The van der Waals surface area contributed by atoms with Gasteiger partial charge in [-0.3, -0.25) is 9.10 Å². The molecule has 1 aromatic heterocycles. The van der Waals surface area contributed by atoms with E-state index in [-0.39, 0.29) is 10.8 Å². The maximum Gasteiger partial charge on any atom is 0.265 e. The molecule has 5 aromatic rings. The van der Waals surface area contributed by atoms with Crippen molar-refractivity contribution >= 4 is 48.7 Å². The van der Waals surface area contributed by atoms with Gasteiger partial charge in [-0.05, 0) is 79.4 Å². The van der Waals surface area contributed by atoms with Crippen LogP contribution in [0.1, 0.15) is 28.6 Å². The second-order valence-electron chi connectivity index (χ2n) is 9.09. The Morgan fingerprint density at radius 3 is 2.36 bits per heavy atom. The molecule has 8 heteroatoms. The largest absolute Gasteiger partial charge is 0.455 e. The number of benzene rings is 4. The Bertz CT molecular complexity index is 1710. The molecule has 1 amide bonds. The van der Waals surface area contributed by atoms with Crippen LogP contribution >= 0.6 is 11.3 Å². The molecule has 0 spiro atoms. The summed E-state index contributed by atoms with van der Waals surface area (Å²) in [4.78, 5) is 14.0. The van der Waals surface area contributed by atoms with Crippen LogP contribution in [-0.4, -0.2) is 20.9 Å². The van der Waals surface area contributed by atoms with E-state index in [4.69, 9.17) is 4.74 Å². The first-order chi connectivity index (χ1) is 18.8. The molecule has 0 radical (unpaired) electrons. The predicted octanol–water partition coefficient (Wildman–Crippen LogP) is 7.86. The average Bonchev–Trinajstić information content (AvgIpc) is 3.37. The number of hydrogen-bond acceptors (Lipinski definition) is 5. The molecule has 1 N–H and O–H groups in total. The minimum Gasteiger partial charge on any atom is -0.455 e. The Morgan fingerprint density at radius 1 is 0.897 bits per heavy atom. The van der Waals surface area contributed by atoms with Crippen LogP contribution in [0.4, 0.5) is 11.4 Å². The highest BCUT2D eigenvalue weighted by atomic mass is 32.2. The van der Waals surface area contributed by atoms with Crippen LogP contribution in [0.3, 0.4) is 0 Å². The number of carbonyl (C=O) groups is 1. The number of hydrogen-bond donors (Lipinski definition) is 1. The van der Waals surface area contributed by atoms with Gasteiger partial charge in [-0.25, -0.2) is 8.42 Å². The number of fused-ring (bicyclic) bond motifs is 1. The second-order valence-corrected chi connectivity index (χ2v) is 12.0. The zero-order valence-electron chi connectivity index (χ0n) is 21.6. The molecular formula is C31H28N2O4S2. The maximum absolute atomic E-state index is 13.5. The van der Waals surface area contributed by atoms with E-state index in [0.29, 0.717) is 40.7 Å². The fraction of sp³-hybridized carbons (Fsp3) is 0.129. The molecule has 0 atom stereocenters. The summed E-state index contributed by atoms with van der Waals surface area (Å²) in [6.07, 6.45) is 0.658. The van der Waals surface area contributed by atoms with Crippen LogP contribution in [0.2, 0.25) is 0 Å². The number of sulfonamides is 1. The van der Waals surface area contributed by atoms with Crippen molar-refractivity contribution < 1.29 is 17.9 Å². The quantitative estimate of drug-likeness (QED) is 0.201. The van der Waals surface area contributed by atoms with E-state index < -0.39 is 10.0 Å². The standard InChI is InChI=1S/C31H28N2O4S2/c1-3-19-33(39(35,36)26-16-13-22(2)14-17-26)24-15-18-29-23(20-24)21-30(38-29)31(34)32-27-11-7-8-12-28(27)37-25-9-5-4-6-10-25/h4-18,20-21H,3,19H2,1-2H3,(H,32,34). The molecule has 6 nitrogen and oxygen atoms in total. The Morgan fingerprint density at radius 2 is 1.62 bits per heavy atom. The Labute approximate surface area is 232 Å². The van der Waals surface area contributed by atoms with Crippen LogP contribution in [-0.2, 0) is 10.0 Å². The van der Waals surface area contributed by atoms with Gasteiger partial charge in [-0.1, -0.05) is 55.0 Å². The second kappa shape index (κ2) is 11.3. The summed E-state index contributed by atoms with van der Waals surface area (Å²) in [5, 5.41) is 3.76. The Balaban J connectivity index is 1.41. The third kappa shape index (κ3) is 5.82. The Hall–Kier alpha value is -4.14. The van der Waals surface area contributed by atoms with Gasteiger partial charge in [-0.2, -0.15) is 0 Å².